The Morgan fingerprint density at radius 1 is 1.33 bits per heavy atom. The van der Waals surface area contributed by atoms with Crippen molar-refractivity contribution in [3.05, 3.63) is 33.6 Å². The zero-order chi connectivity index (χ0) is 10.8. The minimum Gasteiger partial charge on any atom is -0.329 e. The number of rotatable bonds is 2. The minimum atomic E-state index is 0.910. The van der Waals surface area contributed by atoms with Gasteiger partial charge in [0.1, 0.15) is 5.03 Å². The van der Waals surface area contributed by atoms with Gasteiger partial charge in [0.05, 0.1) is 4.47 Å². The maximum absolute atomic E-state index is 4.31. The van der Waals surface area contributed by atoms with Crippen LogP contribution in [0.1, 0.15) is 0 Å². The predicted octanol–water partition coefficient (Wildman–Crippen LogP) is 3.49. The topological polar surface area (TPSA) is 30.7 Å². The lowest BCUT2D eigenvalue weighted by Crippen LogP contribution is -1.90. The van der Waals surface area contributed by atoms with Crippen LogP contribution >= 0.6 is 43.6 Å². The summed E-state index contributed by atoms with van der Waals surface area (Å²) in [5.74, 6) is 0. The second-order valence-corrected chi connectivity index (χ2v) is 5.59. The Kier molecular flexibility index (Phi) is 3.48. The minimum absolute atomic E-state index is 0.910. The van der Waals surface area contributed by atoms with Gasteiger partial charge in [0, 0.05) is 30.1 Å². The van der Waals surface area contributed by atoms with E-state index in [1.807, 2.05) is 23.9 Å². The van der Waals surface area contributed by atoms with Gasteiger partial charge in [0.25, 0.3) is 0 Å². The van der Waals surface area contributed by atoms with Crippen molar-refractivity contribution in [1.82, 2.24) is 14.5 Å². The van der Waals surface area contributed by atoms with E-state index in [0.717, 1.165) is 19.1 Å². The quantitative estimate of drug-likeness (QED) is 0.832. The van der Waals surface area contributed by atoms with Crippen molar-refractivity contribution in [2.24, 2.45) is 7.05 Å². The van der Waals surface area contributed by atoms with E-state index in [0.29, 0.717) is 0 Å². The maximum Gasteiger partial charge on any atom is 0.174 e. The first-order valence-electron chi connectivity index (χ1n) is 4.13. The van der Waals surface area contributed by atoms with E-state index in [4.69, 9.17) is 0 Å². The summed E-state index contributed by atoms with van der Waals surface area (Å²) in [5.41, 5.74) is 0. The fraction of sp³-hybridized carbons (Fsp3) is 0.111. The van der Waals surface area contributed by atoms with Crippen molar-refractivity contribution in [3.8, 4) is 0 Å². The lowest BCUT2D eigenvalue weighted by atomic mass is 10.5. The zero-order valence-electron chi connectivity index (χ0n) is 7.82. The molecule has 0 saturated carbocycles. The van der Waals surface area contributed by atoms with Gasteiger partial charge in [-0.2, -0.15) is 0 Å². The Morgan fingerprint density at radius 2 is 2.13 bits per heavy atom. The highest BCUT2D eigenvalue weighted by molar-refractivity contribution is 9.11. The summed E-state index contributed by atoms with van der Waals surface area (Å²) in [6.07, 6.45) is 5.46. The lowest BCUT2D eigenvalue weighted by molar-refractivity contribution is 0.788. The first-order chi connectivity index (χ1) is 7.16. The van der Waals surface area contributed by atoms with Gasteiger partial charge in [-0.15, -0.1) is 0 Å². The second kappa shape index (κ2) is 4.67. The number of pyridine rings is 1. The van der Waals surface area contributed by atoms with Crippen molar-refractivity contribution in [1.29, 1.82) is 0 Å². The number of halogens is 2. The summed E-state index contributed by atoms with van der Waals surface area (Å²) in [4.78, 5) is 8.54. The normalized spacial score (nSPS) is 10.6. The molecule has 2 heterocycles. The fourth-order valence-electron chi connectivity index (χ4n) is 1.01. The molecule has 0 aliphatic heterocycles. The number of imidazole rings is 1. The molecule has 0 fully saturated rings. The third-order valence-electron chi connectivity index (χ3n) is 1.74. The first-order valence-corrected chi connectivity index (χ1v) is 6.53. The van der Waals surface area contributed by atoms with Crippen LogP contribution in [0, 0.1) is 0 Å². The first kappa shape index (κ1) is 11.2. The third-order valence-corrected chi connectivity index (χ3v) is 4.13. The molecule has 6 heteroatoms. The summed E-state index contributed by atoms with van der Waals surface area (Å²) in [7, 11) is 1.96. The van der Waals surface area contributed by atoms with Crippen LogP contribution in [-0.2, 0) is 7.05 Å². The molecule has 15 heavy (non-hydrogen) atoms. The van der Waals surface area contributed by atoms with Crippen molar-refractivity contribution < 1.29 is 0 Å². The molecule has 0 N–H and O–H groups in total. The van der Waals surface area contributed by atoms with E-state index in [1.165, 1.54) is 11.8 Å². The van der Waals surface area contributed by atoms with Crippen LogP contribution in [0.25, 0.3) is 0 Å². The molecular weight excluding hydrogens is 342 g/mol. The molecule has 78 valence electrons. The van der Waals surface area contributed by atoms with Crippen LogP contribution in [0.15, 0.2) is 43.8 Å². The molecule has 3 nitrogen and oxygen atoms in total. The van der Waals surface area contributed by atoms with E-state index in [-0.39, 0.29) is 0 Å². The van der Waals surface area contributed by atoms with Crippen molar-refractivity contribution >= 4 is 43.6 Å². The van der Waals surface area contributed by atoms with Gasteiger partial charge < -0.3 is 4.57 Å². The number of hydrogen-bond acceptors (Lipinski definition) is 3. The highest BCUT2D eigenvalue weighted by Crippen LogP contribution is 2.31. The molecule has 2 aromatic heterocycles. The second-order valence-electron chi connectivity index (χ2n) is 2.86. The lowest BCUT2D eigenvalue weighted by Gasteiger charge is -2.03. The standard InChI is InChI=1S/C9H7Br2N3S/c1-14-3-2-12-9(14)15-8-7(11)4-6(10)5-13-8/h2-5H,1H3. The molecule has 0 saturated heterocycles. The number of hydrogen-bond donors (Lipinski definition) is 0. The largest absolute Gasteiger partial charge is 0.329 e. The summed E-state index contributed by atoms with van der Waals surface area (Å²) in [5, 5.41) is 1.83. The predicted molar refractivity (Wildman–Crippen MR) is 67.0 cm³/mol. The summed E-state index contributed by atoms with van der Waals surface area (Å²) < 4.78 is 3.88. The van der Waals surface area contributed by atoms with Gasteiger partial charge in [-0.05, 0) is 49.7 Å². The van der Waals surface area contributed by atoms with Gasteiger partial charge >= 0.3 is 0 Å². The van der Waals surface area contributed by atoms with Crippen molar-refractivity contribution in [3.63, 3.8) is 0 Å². The smallest absolute Gasteiger partial charge is 0.174 e. The van der Waals surface area contributed by atoms with E-state index in [1.54, 1.807) is 12.4 Å². The average molecular weight is 349 g/mol. The number of nitrogens with zero attached hydrogens (tertiary/aromatic N) is 3. The van der Waals surface area contributed by atoms with E-state index in [9.17, 15) is 0 Å². The van der Waals surface area contributed by atoms with Crippen LogP contribution in [0.2, 0.25) is 0 Å². The molecule has 0 aliphatic carbocycles. The molecule has 0 aliphatic rings. The Bertz CT molecular complexity index is 484. The van der Waals surface area contributed by atoms with Crippen molar-refractivity contribution in [2.75, 3.05) is 0 Å². The van der Waals surface area contributed by atoms with Crippen LogP contribution in [0.5, 0.6) is 0 Å². The van der Waals surface area contributed by atoms with Gasteiger partial charge in [-0.1, -0.05) is 0 Å². The molecule has 0 amide bonds. The van der Waals surface area contributed by atoms with Crippen LogP contribution < -0.4 is 0 Å². The Morgan fingerprint density at radius 3 is 2.73 bits per heavy atom. The van der Waals surface area contributed by atoms with Crippen LogP contribution in [-0.4, -0.2) is 14.5 Å². The molecule has 2 rings (SSSR count). The molecule has 0 spiro atoms. The molecule has 2 aromatic rings. The maximum atomic E-state index is 4.31. The summed E-state index contributed by atoms with van der Waals surface area (Å²) >= 11 is 8.36. The van der Waals surface area contributed by atoms with Gasteiger partial charge in [0.15, 0.2) is 5.16 Å². The van der Waals surface area contributed by atoms with Gasteiger partial charge in [-0.25, -0.2) is 9.97 Å². The van der Waals surface area contributed by atoms with Crippen LogP contribution in [0.3, 0.4) is 0 Å². The summed E-state index contributed by atoms with van der Waals surface area (Å²) in [6.45, 7) is 0. The Hall–Kier alpha value is -0.330. The third kappa shape index (κ3) is 2.62. The monoisotopic (exact) mass is 347 g/mol. The number of aromatic nitrogens is 3. The van der Waals surface area contributed by atoms with E-state index < -0.39 is 0 Å². The molecule has 0 radical (unpaired) electrons. The SMILES string of the molecule is Cn1ccnc1Sc1ncc(Br)cc1Br. The molecule has 0 unspecified atom stereocenters. The summed E-state index contributed by atoms with van der Waals surface area (Å²) in [6, 6.07) is 1.97. The number of aryl methyl sites for hydroxylation is 1. The van der Waals surface area contributed by atoms with Gasteiger partial charge in [0.2, 0.25) is 0 Å². The van der Waals surface area contributed by atoms with Crippen LogP contribution in [0.4, 0.5) is 0 Å². The fourth-order valence-corrected chi connectivity index (χ4v) is 3.00. The Labute approximate surface area is 109 Å². The van der Waals surface area contributed by atoms with E-state index in [2.05, 4.69) is 41.8 Å². The highest BCUT2D eigenvalue weighted by atomic mass is 79.9. The van der Waals surface area contributed by atoms with Gasteiger partial charge in [-0.3, -0.25) is 0 Å². The molecular formula is C9H7Br2N3S. The molecule has 0 bridgehead atoms. The van der Waals surface area contributed by atoms with E-state index >= 15 is 0 Å². The highest BCUT2D eigenvalue weighted by Gasteiger charge is 2.07. The Balaban J connectivity index is 2.29. The zero-order valence-corrected chi connectivity index (χ0v) is 11.8. The molecule has 0 aromatic carbocycles. The van der Waals surface area contributed by atoms with Crippen molar-refractivity contribution in [2.45, 2.75) is 10.2 Å². The average Bonchev–Trinajstić information content (AvgIpc) is 2.57. The molecule has 0 atom stereocenters.